The molecule has 0 aromatic rings. The van der Waals surface area contributed by atoms with Crippen molar-refractivity contribution < 1.29 is 0 Å². The molecule has 0 N–H and O–H groups in total. The maximum absolute atomic E-state index is 3.67. The molecule has 0 unspecified atom stereocenters. The van der Waals surface area contributed by atoms with Crippen LogP contribution >= 0.6 is 0 Å². The Morgan fingerprint density at radius 1 is 1.15 bits per heavy atom. The van der Waals surface area contributed by atoms with Gasteiger partial charge in [0.25, 0.3) is 0 Å². The van der Waals surface area contributed by atoms with E-state index in [4.69, 9.17) is 0 Å². The van der Waals surface area contributed by atoms with Crippen molar-refractivity contribution in [1.29, 1.82) is 0 Å². The summed E-state index contributed by atoms with van der Waals surface area (Å²) in [5, 5.41) is 0. The zero-order valence-corrected chi connectivity index (χ0v) is 10.3. The van der Waals surface area contributed by atoms with Crippen molar-refractivity contribution in [3.05, 3.63) is 24.8 Å². The second kappa shape index (κ2) is 22.5. The first-order chi connectivity index (χ1) is 6.22. The van der Waals surface area contributed by atoms with Crippen LogP contribution in [0.25, 0.3) is 0 Å². The van der Waals surface area contributed by atoms with Crippen molar-refractivity contribution >= 4 is 0 Å². The van der Waals surface area contributed by atoms with Gasteiger partial charge in [0.1, 0.15) is 0 Å². The van der Waals surface area contributed by atoms with E-state index in [2.05, 4.69) is 27.0 Å². The first-order valence-electron chi connectivity index (χ1n) is 5.46. The third kappa shape index (κ3) is 85.2. The summed E-state index contributed by atoms with van der Waals surface area (Å²) < 4.78 is 0. The highest BCUT2D eigenvalue weighted by Gasteiger charge is 2.04. The Hall–Kier alpha value is -0.520. The van der Waals surface area contributed by atoms with Gasteiger partial charge in [-0.2, -0.15) is 0 Å². The van der Waals surface area contributed by atoms with Gasteiger partial charge in [0.15, 0.2) is 0 Å². The van der Waals surface area contributed by atoms with Crippen molar-refractivity contribution in [1.82, 2.24) is 0 Å². The Bertz CT molecular complexity index is 82.2. The van der Waals surface area contributed by atoms with Gasteiger partial charge in [-0.3, -0.25) is 0 Å². The third-order valence-electron chi connectivity index (χ3n) is 1.10. The summed E-state index contributed by atoms with van der Waals surface area (Å²) in [7, 11) is 0. The Balaban J connectivity index is -0.000000107. The molecule has 1 fully saturated rings. The van der Waals surface area contributed by atoms with Crippen LogP contribution in [0.2, 0.25) is 0 Å². The molecule has 0 nitrogen and oxygen atoms in total. The van der Waals surface area contributed by atoms with E-state index in [0.717, 1.165) is 0 Å². The lowest BCUT2D eigenvalue weighted by molar-refractivity contribution is 0.886. The molecule has 0 aliphatic heterocycles. The molecule has 1 rings (SSSR count). The van der Waals surface area contributed by atoms with Gasteiger partial charge in [0.2, 0.25) is 0 Å². The van der Waals surface area contributed by atoms with Crippen molar-refractivity contribution in [2.75, 3.05) is 0 Å². The Morgan fingerprint density at radius 3 is 1.31 bits per heavy atom. The minimum atomic E-state index is 1.29. The molecule has 0 heterocycles. The minimum absolute atomic E-state index is 1.29. The minimum Gasteiger partial charge on any atom is -0.103 e. The molecule has 1 aliphatic carbocycles. The Kier molecular flexibility index (Phi) is 31.7. The molecule has 0 aromatic carbocycles. The molecule has 0 saturated heterocycles. The molecule has 0 aromatic heterocycles. The molecular formula is C13H28. The monoisotopic (exact) mass is 184 g/mol. The van der Waals surface area contributed by atoms with Gasteiger partial charge in [-0.1, -0.05) is 58.8 Å². The van der Waals surface area contributed by atoms with Crippen LogP contribution in [0.3, 0.4) is 0 Å². The highest BCUT2D eigenvalue weighted by molar-refractivity contribution is 5.09. The van der Waals surface area contributed by atoms with Gasteiger partial charge in [0.05, 0.1) is 0 Å². The first-order valence-corrected chi connectivity index (χ1v) is 5.46. The number of allylic oxidation sites excluding steroid dienone is 2. The summed E-state index contributed by atoms with van der Waals surface area (Å²) in [4.78, 5) is 0. The van der Waals surface area contributed by atoms with Crippen LogP contribution in [0, 0.1) is 0 Å². The van der Waals surface area contributed by atoms with Crippen molar-refractivity contribution in [3.8, 4) is 0 Å². The van der Waals surface area contributed by atoms with Crippen LogP contribution < -0.4 is 0 Å². The van der Waals surface area contributed by atoms with E-state index < -0.39 is 0 Å². The molecule has 13 heavy (non-hydrogen) atoms. The lowest BCUT2D eigenvalue weighted by atomic mass is 10.4. The number of unbranched alkanes of at least 4 members (excludes halogenated alkanes) is 1. The lowest BCUT2D eigenvalue weighted by Crippen LogP contribution is -1.47. The Morgan fingerprint density at radius 2 is 1.31 bits per heavy atom. The smallest absolute Gasteiger partial charge is 0.0286 e. The summed E-state index contributed by atoms with van der Waals surface area (Å²) in [6.45, 7) is 17.3. The van der Waals surface area contributed by atoms with Crippen molar-refractivity contribution in [2.24, 2.45) is 0 Å². The molecule has 1 aliphatic rings. The highest BCUT2D eigenvalue weighted by Crippen LogP contribution is 2.23. The predicted octanol–water partition coefficient (Wildman–Crippen LogP) is 5.36. The molecule has 0 bridgehead atoms. The zero-order valence-electron chi connectivity index (χ0n) is 10.3. The summed E-state index contributed by atoms with van der Waals surface area (Å²) in [6.07, 6.45) is 6.97. The molecule has 0 heteroatoms. The van der Waals surface area contributed by atoms with Gasteiger partial charge in [-0.05, 0) is 19.8 Å². The molecule has 1 saturated carbocycles. The maximum Gasteiger partial charge on any atom is -0.0286 e. The molecule has 0 radical (unpaired) electrons. The first kappa shape index (κ1) is 18.3. The van der Waals surface area contributed by atoms with E-state index in [0.29, 0.717) is 0 Å². The van der Waals surface area contributed by atoms with Crippen LogP contribution in [-0.2, 0) is 0 Å². The largest absolute Gasteiger partial charge is 0.103 e. The van der Waals surface area contributed by atoms with Crippen LogP contribution in [0.15, 0.2) is 24.8 Å². The van der Waals surface area contributed by atoms with E-state index in [9.17, 15) is 0 Å². The van der Waals surface area contributed by atoms with Crippen molar-refractivity contribution in [3.63, 3.8) is 0 Å². The quantitative estimate of drug-likeness (QED) is 0.481. The summed E-state index contributed by atoms with van der Waals surface area (Å²) in [6, 6.07) is 0. The average molecular weight is 184 g/mol. The van der Waals surface area contributed by atoms with Crippen LogP contribution in [0.4, 0.5) is 0 Å². The average Bonchev–Trinajstić information content (AvgIpc) is 2.93. The van der Waals surface area contributed by atoms with E-state index in [1.54, 1.807) is 6.08 Å². The van der Waals surface area contributed by atoms with Gasteiger partial charge in [-0.15, -0.1) is 6.58 Å². The molecule has 0 atom stereocenters. The second-order valence-electron chi connectivity index (χ2n) is 2.66. The number of hydrogen-bond acceptors (Lipinski definition) is 0. The van der Waals surface area contributed by atoms with E-state index in [1.807, 2.05) is 20.8 Å². The summed E-state index contributed by atoms with van der Waals surface area (Å²) in [5.41, 5.74) is 1.42. The van der Waals surface area contributed by atoms with Gasteiger partial charge < -0.3 is 0 Å². The van der Waals surface area contributed by atoms with E-state index >= 15 is 0 Å². The fourth-order valence-electron chi connectivity index (χ4n) is 0.0884. The topological polar surface area (TPSA) is 0 Å². The second-order valence-corrected chi connectivity index (χ2v) is 2.66. The maximum atomic E-state index is 3.67. The normalized spacial score (nSPS) is 10.4. The predicted molar refractivity (Wildman–Crippen MR) is 66.2 cm³/mol. The van der Waals surface area contributed by atoms with Gasteiger partial charge >= 0.3 is 0 Å². The fraction of sp³-hybridized carbons (Fsp3) is 0.692. The molecule has 0 amide bonds. The molecule has 80 valence electrons. The lowest BCUT2D eigenvalue weighted by Gasteiger charge is -1.68. The molecular weight excluding hydrogens is 156 g/mol. The summed E-state index contributed by atoms with van der Waals surface area (Å²) >= 11 is 0. The van der Waals surface area contributed by atoms with E-state index in [1.165, 1.54) is 31.3 Å². The highest BCUT2D eigenvalue weighted by atomic mass is 14.1. The van der Waals surface area contributed by atoms with Crippen LogP contribution in [0.5, 0.6) is 0 Å². The fourth-order valence-corrected chi connectivity index (χ4v) is 0.0884. The number of hydrogen-bond donors (Lipinski definition) is 0. The SMILES string of the molecule is C=C1CC1.C=CC.CC.CCCC. The van der Waals surface area contributed by atoms with Crippen LogP contribution in [-0.4, -0.2) is 0 Å². The van der Waals surface area contributed by atoms with Crippen molar-refractivity contribution in [2.45, 2.75) is 60.3 Å². The van der Waals surface area contributed by atoms with Gasteiger partial charge in [0, 0.05) is 0 Å². The zero-order chi connectivity index (χ0) is 11.1. The summed E-state index contributed by atoms with van der Waals surface area (Å²) in [5.74, 6) is 0. The number of rotatable bonds is 1. The van der Waals surface area contributed by atoms with Gasteiger partial charge in [-0.25, -0.2) is 0 Å². The van der Waals surface area contributed by atoms with Crippen LogP contribution in [0.1, 0.15) is 60.3 Å². The Labute approximate surface area is 85.8 Å². The van der Waals surface area contributed by atoms with E-state index in [-0.39, 0.29) is 0 Å². The molecule has 0 spiro atoms. The standard InChI is InChI=1S/C4H6.C4H10.C3H6.C2H6/c1-4-2-3-4;1-3-4-2;1-3-2;1-2/h1-3H2;3-4H2,1-2H3;3H,1H2,2H3;1-2H3. The third-order valence-corrected chi connectivity index (χ3v) is 1.10.